The fraction of sp³-hybridized carbons (Fsp3) is 0.417. The maximum absolute atomic E-state index is 11.7. The molecule has 0 saturated heterocycles. The van der Waals surface area contributed by atoms with Crippen LogP contribution in [0.15, 0.2) is 18.2 Å². The molecule has 1 aromatic carbocycles. The fourth-order valence-electron chi connectivity index (χ4n) is 1.56. The quantitative estimate of drug-likeness (QED) is 0.832. The molecular weight excluding hydrogens is 206 g/mol. The van der Waals surface area contributed by atoms with Crippen molar-refractivity contribution in [2.45, 2.75) is 26.4 Å². The Labute approximate surface area is 94.6 Å². The van der Waals surface area contributed by atoms with Gasteiger partial charge >= 0.3 is 0 Å². The van der Waals surface area contributed by atoms with Crippen molar-refractivity contribution in [3.63, 3.8) is 0 Å². The third kappa shape index (κ3) is 1.71. The van der Waals surface area contributed by atoms with Gasteiger partial charge in [-0.25, -0.2) is 0 Å². The van der Waals surface area contributed by atoms with Crippen LogP contribution in [0, 0.1) is 0 Å². The monoisotopic (exact) mass is 221 g/mol. The van der Waals surface area contributed by atoms with Crippen molar-refractivity contribution < 1.29 is 14.3 Å². The Morgan fingerprint density at radius 1 is 1.44 bits per heavy atom. The normalized spacial score (nSPS) is 17.1. The zero-order valence-corrected chi connectivity index (χ0v) is 9.66. The summed E-state index contributed by atoms with van der Waals surface area (Å²) in [7, 11) is 0. The Morgan fingerprint density at radius 2 is 2.19 bits per heavy atom. The van der Waals surface area contributed by atoms with Gasteiger partial charge in [0.25, 0.3) is 5.91 Å². The van der Waals surface area contributed by atoms with Crippen LogP contribution in [0.3, 0.4) is 0 Å². The molecule has 4 nitrogen and oxygen atoms in total. The van der Waals surface area contributed by atoms with Gasteiger partial charge in [0.2, 0.25) is 0 Å². The van der Waals surface area contributed by atoms with Gasteiger partial charge in [-0.15, -0.1) is 0 Å². The molecule has 0 unspecified atom stereocenters. The minimum atomic E-state index is -0.861. The summed E-state index contributed by atoms with van der Waals surface area (Å²) < 4.78 is 11.1. The third-order valence-electron chi connectivity index (χ3n) is 2.43. The second kappa shape index (κ2) is 3.70. The number of para-hydroxylation sites is 1. The van der Waals surface area contributed by atoms with Crippen LogP contribution in [0.25, 0.3) is 0 Å². The molecule has 1 N–H and O–H groups in total. The van der Waals surface area contributed by atoms with E-state index in [-0.39, 0.29) is 5.91 Å². The average molecular weight is 221 g/mol. The van der Waals surface area contributed by atoms with E-state index in [2.05, 4.69) is 5.32 Å². The summed E-state index contributed by atoms with van der Waals surface area (Å²) >= 11 is 0. The van der Waals surface area contributed by atoms with E-state index in [0.717, 1.165) is 0 Å². The second-order valence-corrected chi connectivity index (χ2v) is 4.13. The fourth-order valence-corrected chi connectivity index (χ4v) is 1.56. The molecular formula is C12H15NO3. The molecule has 0 radical (unpaired) electrons. The van der Waals surface area contributed by atoms with Gasteiger partial charge in [-0.2, -0.15) is 0 Å². The molecule has 4 heteroatoms. The van der Waals surface area contributed by atoms with Crippen molar-refractivity contribution in [1.29, 1.82) is 0 Å². The molecule has 0 atom stereocenters. The number of anilines is 1. The summed E-state index contributed by atoms with van der Waals surface area (Å²) in [6.45, 7) is 5.93. The molecule has 0 bridgehead atoms. The van der Waals surface area contributed by atoms with Crippen LogP contribution in [0.1, 0.15) is 20.8 Å². The molecule has 1 heterocycles. The van der Waals surface area contributed by atoms with E-state index in [9.17, 15) is 4.79 Å². The number of hydrogen-bond acceptors (Lipinski definition) is 3. The van der Waals surface area contributed by atoms with Crippen LogP contribution in [0.4, 0.5) is 5.69 Å². The first kappa shape index (κ1) is 10.8. The van der Waals surface area contributed by atoms with Gasteiger partial charge in [0.15, 0.2) is 17.1 Å². The first-order valence-electron chi connectivity index (χ1n) is 5.31. The smallest absolute Gasteiger partial charge is 0.268 e. The zero-order valence-electron chi connectivity index (χ0n) is 9.66. The van der Waals surface area contributed by atoms with Gasteiger partial charge in [-0.05, 0) is 32.9 Å². The summed E-state index contributed by atoms with van der Waals surface area (Å²) in [5.74, 6) is 1.12. The van der Waals surface area contributed by atoms with Crippen molar-refractivity contribution in [2.75, 3.05) is 11.9 Å². The molecule has 0 aromatic heterocycles. The molecule has 0 aliphatic carbocycles. The zero-order chi connectivity index (χ0) is 11.8. The molecule has 0 saturated carbocycles. The van der Waals surface area contributed by atoms with Crippen LogP contribution >= 0.6 is 0 Å². The molecule has 1 aliphatic rings. The van der Waals surface area contributed by atoms with Crippen LogP contribution in [0.5, 0.6) is 11.5 Å². The lowest BCUT2D eigenvalue weighted by molar-refractivity contribution is -0.129. The van der Waals surface area contributed by atoms with Gasteiger partial charge < -0.3 is 14.8 Å². The van der Waals surface area contributed by atoms with Crippen molar-refractivity contribution in [1.82, 2.24) is 0 Å². The largest absolute Gasteiger partial charge is 0.490 e. The van der Waals surface area contributed by atoms with Gasteiger partial charge in [0.05, 0.1) is 12.3 Å². The van der Waals surface area contributed by atoms with E-state index in [1.54, 1.807) is 19.9 Å². The molecule has 0 fully saturated rings. The number of fused-ring (bicyclic) bond motifs is 1. The number of hydrogen-bond donors (Lipinski definition) is 1. The third-order valence-corrected chi connectivity index (χ3v) is 2.43. The standard InChI is InChI=1S/C12H15NO3/c1-4-15-9-7-5-6-8-10(9)16-12(2,3)11(14)13-8/h5-7H,4H2,1-3H3,(H,13,14). The highest BCUT2D eigenvalue weighted by atomic mass is 16.5. The molecule has 86 valence electrons. The molecule has 1 aromatic rings. The highest BCUT2D eigenvalue weighted by molar-refractivity contribution is 6.00. The van der Waals surface area contributed by atoms with Crippen molar-refractivity contribution in [2.24, 2.45) is 0 Å². The van der Waals surface area contributed by atoms with E-state index in [1.165, 1.54) is 0 Å². The SMILES string of the molecule is CCOc1cccc2c1OC(C)(C)C(=O)N2. The summed E-state index contributed by atoms with van der Waals surface area (Å²) in [5.41, 5.74) is -0.199. The lowest BCUT2D eigenvalue weighted by atomic mass is 10.1. The number of carbonyl (C=O) groups is 1. The van der Waals surface area contributed by atoms with Crippen LogP contribution in [0.2, 0.25) is 0 Å². The van der Waals surface area contributed by atoms with Crippen molar-refractivity contribution in [3.8, 4) is 11.5 Å². The number of amides is 1. The van der Waals surface area contributed by atoms with Gasteiger partial charge in [-0.3, -0.25) is 4.79 Å². The number of ether oxygens (including phenoxy) is 2. The molecule has 2 rings (SSSR count). The Kier molecular flexibility index (Phi) is 2.50. The predicted molar refractivity (Wildman–Crippen MR) is 60.9 cm³/mol. The number of carbonyl (C=O) groups excluding carboxylic acids is 1. The number of nitrogens with one attached hydrogen (secondary N) is 1. The minimum Gasteiger partial charge on any atom is -0.490 e. The average Bonchev–Trinajstić information content (AvgIpc) is 2.21. The number of benzene rings is 1. The maximum Gasteiger partial charge on any atom is 0.268 e. The Bertz CT molecular complexity index is 426. The molecule has 1 amide bonds. The van der Waals surface area contributed by atoms with Gasteiger partial charge in [0, 0.05) is 0 Å². The van der Waals surface area contributed by atoms with Gasteiger partial charge in [-0.1, -0.05) is 6.07 Å². The summed E-state index contributed by atoms with van der Waals surface area (Å²) in [6, 6.07) is 5.45. The highest BCUT2D eigenvalue weighted by Crippen LogP contribution is 2.40. The van der Waals surface area contributed by atoms with Crippen molar-refractivity contribution >= 4 is 11.6 Å². The first-order chi connectivity index (χ1) is 7.54. The van der Waals surface area contributed by atoms with Crippen LogP contribution in [-0.4, -0.2) is 18.1 Å². The van der Waals surface area contributed by atoms with E-state index in [1.807, 2.05) is 19.1 Å². The van der Waals surface area contributed by atoms with E-state index in [0.29, 0.717) is 23.8 Å². The van der Waals surface area contributed by atoms with E-state index < -0.39 is 5.60 Å². The van der Waals surface area contributed by atoms with E-state index in [4.69, 9.17) is 9.47 Å². The summed E-state index contributed by atoms with van der Waals surface area (Å²) in [5, 5.41) is 2.81. The lowest BCUT2D eigenvalue weighted by Gasteiger charge is -2.32. The number of rotatable bonds is 2. The minimum absolute atomic E-state index is 0.145. The van der Waals surface area contributed by atoms with Crippen LogP contribution in [-0.2, 0) is 4.79 Å². The first-order valence-corrected chi connectivity index (χ1v) is 5.31. The highest BCUT2D eigenvalue weighted by Gasteiger charge is 2.36. The Balaban J connectivity index is 2.43. The predicted octanol–water partition coefficient (Wildman–Crippen LogP) is 2.19. The second-order valence-electron chi connectivity index (χ2n) is 4.13. The Morgan fingerprint density at radius 3 is 2.88 bits per heavy atom. The van der Waals surface area contributed by atoms with Crippen molar-refractivity contribution in [3.05, 3.63) is 18.2 Å². The summed E-state index contributed by atoms with van der Waals surface area (Å²) in [4.78, 5) is 11.7. The van der Waals surface area contributed by atoms with Crippen LogP contribution < -0.4 is 14.8 Å². The lowest BCUT2D eigenvalue weighted by Crippen LogP contribution is -2.45. The maximum atomic E-state index is 11.7. The van der Waals surface area contributed by atoms with Gasteiger partial charge in [0.1, 0.15) is 0 Å². The topological polar surface area (TPSA) is 47.6 Å². The summed E-state index contributed by atoms with van der Waals surface area (Å²) in [6.07, 6.45) is 0. The molecule has 1 aliphatic heterocycles. The Hall–Kier alpha value is -1.71. The van der Waals surface area contributed by atoms with E-state index >= 15 is 0 Å². The molecule has 16 heavy (non-hydrogen) atoms. The molecule has 0 spiro atoms.